The Morgan fingerprint density at radius 1 is 0.862 bits per heavy atom. The Morgan fingerprint density at radius 2 is 1.31 bits per heavy atom. The molecule has 29 heavy (non-hydrogen) atoms. The number of hydrogen-bond donors (Lipinski definition) is 0. The van der Waals surface area contributed by atoms with Crippen LogP contribution in [0.3, 0.4) is 0 Å². The van der Waals surface area contributed by atoms with Crippen LogP contribution in [0.15, 0.2) is 35.9 Å². The molecule has 2 saturated carbocycles. The van der Waals surface area contributed by atoms with Crippen LogP contribution >= 0.6 is 0 Å². The van der Waals surface area contributed by atoms with Gasteiger partial charge in [-0.05, 0) is 82.9 Å². The van der Waals surface area contributed by atoms with Crippen LogP contribution in [0.5, 0.6) is 0 Å². The fourth-order valence-electron chi connectivity index (χ4n) is 3.08. The normalized spacial score (nSPS) is 23.0. The van der Waals surface area contributed by atoms with Gasteiger partial charge in [-0.15, -0.1) is 8.07 Å². The minimum Gasteiger partial charge on any atom is -0.499 e. The van der Waals surface area contributed by atoms with E-state index in [2.05, 4.69) is 67.5 Å². The molecule has 10 radical (unpaired) electrons. The summed E-state index contributed by atoms with van der Waals surface area (Å²) in [4.78, 5) is 2.48. The molecule has 2 aliphatic carbocycles. The number of likely N-dealkylation sites (tertiary alicyclic amines) is 1. The summed E-state index contributed by atoms with van der Waals surface area (Å²) in [6.45, 7) is 14.4. The number of nitrogens with zero attached hydrogens (tertiary/aromatic N) is 1. The third kappa shape index (κ3) is 12.5. The predicted octanol–water partition coefficient (Wildman–Crippen LogP) is 5.60. The minimum atomic E-state index is -1.24. The largest absolute Gasteiger partial charge is 2.00 e. The van der Waals surface area contributed by atoms with Gasteiger partial charge in [0.05, 0.1) is 0 Å². The molecular formula is C26H33NSiZr. The van der Waals surface area contributed by atoms with Gasteiger partial charge in [0.1, 0.15) is 0 Å². The molecule has 3 fully saturated rings. The van der Waals surface area contributed by atoms with Crippen LogP contribution in [0, 0.1) is 82.7 Å². The Bertz CT molecular complexity index is 531. The fourth-order valence-corrected chi connectivity index (χ4v) is 4.33. The fraction of sp³-hybridized carbons (Fsp3) is 0.269. The number of benzene rings is 1. The molecule has 1 unspecified atom stereocenters. The minimum absolute atomic E-state index is 0. The van der Waals surface area contributed by atoms with E-state index in [0.29, 0.717) is 5.92 Å². The average Bonchev–Trinajstić information content (AvgIpc) is 3.41. The molecule has 0 aromatic heterocycles. The zero-order valence-corrected chi connectivity index (χ0v) is 21.5. The van der Waals surface area contributed by atoms with Crippen LogP contribution in [-0.4, -0.2) is 26.1 Å². The van der Waals surface area contributed by atoms with E-state index in [-0.39, 0.29) is 26.2 Å². The van der Waals surface area contributed by atoms with Crippen LogP contribution in [0.25, 0.3) is 0 Å². The van der Waals surface area contributed by atoms with Crippen LogP contribution in [-0.2, 0) is 32.7 Å². The van der Waals surface area contributed by atoms with E-state index >= 15 is 0 Å². The standard InChI is InChI=1S/C16H23NSi.2C5H5.Zr/c1-14-10-17(11-15-8-6-5-7-9-15)12-16(14)13-18(2,3)4;2*1-2-4-5-3-1;/h5-9,14H,1,10-12H2,2-4H3;2*1-5H;/q-2;;;+2. The molecule has 3 aliphatic rings. The molecule has 1 aromatic carbocycles. The molecule has 3 heteroatoms. The maximum absolute atomic E-state index is 4.28. The van der Waals surface area contributed by atoms with Gasteiger partial charge >= 0.3 is 26.2 Å². The summed E-state index contributed by atoms with van der Waals surface area (Å²) in [5.41, 5.74) is 6.56. The Kier molecular flexibility index (Phi) is 13.9. The maximum atomic E-state index is 4.28. The monoisotopic (exact) mass is 477 g/mol. The van der Waals surface area contributed by atoms with Crippen molar-refractivity contribution in [1.82, 2.24) is 4.90 Å². The third-order valence-corrected chi connectivity index (χ3v) is 5.33. The SMILES string of the molecule is [CH2-]C1CN(Cc2ccccc2)CC1=[C-][Si](C)(C)C.[CH]1[CH][CH][CH][CH]1.[CH]1[CH][CH][CH][CH]1.[Zr+2]. The van der Waals surface area contributed by atoms with E-state index in [1.807, 2.05) is 64.2 Å². The van der Waals surface area contributed by atoms with Crippen molar-refractivity contribution in [3.8, 4) is 0 Å². The summed E-state index contributed by atoms with van der Waals surface area (Å²) in [5, 5.41) is 0. The van der Waals surface area contributed by atoms with Gasteiger partial charge in [-0.1, -0.05) is 50.0 Å². The van der Waals surface area contributed by atoms with Gasteiger partial charge in [0.15, 0.2) is 0 Å². The van der Waals surface area contributed by atoms with Gasteiger partial charge in [-0.25, -0.2) is 0 Å². The molecule has 150 valence electrons. The van der Waals surface area contributed by atoms with Crippen LogP contribution < -0.4 is 0 Å². The van der Waals surface area contributed by atoms with E-state index < -0.39 is 8.07 Å². The van der Waals surface area contributed by atoms with E-state index in [1.165, 1.54) is 11.1 Å². The molecule has 4 rings (SSSR count). The number of rotatable bonds is 3. The van der Waals surface area contributed by atoms with E-state index in [1.54, 1.807) is 0 Å². The molecular weight excluding hydrogens is 446 g/mol. The first-order valence-electron chi connectivity index (χ1n) is 10.0. The van der Waals surface area contributed by atoms with Gasteiger partial charge in [-0.2, -0.15) is 5.92 Å². The van der Waals surface area contributed by atoms with Crippen molar-refractivity contribution in [2.75, 3.05) is 13.1 Å². The predicted molar refractivity (Wildman–Crippen MR) is 124 cm³/mol. The Labute approximate surface area is 201 Å². The first-order chi connectivity index (χ1) is 13.4. The van der Waals surface area contributed by atoms with Crippen molar-refractivity contribution in [3.05, 3.63) is 118 Å². The summed E-state index contributed by atoms with van der Waals surface area (Å²) in [6, 6.07) is 10.7. The van der Waals surface area contributed by atoms with Crippen molar-refractivity contribution < 1.29 is 26.2 Å². The molecule has 1 aliphatic heterocycles. The molecule has 1 atom stereocenters. The second-order valence-electron chi connectivity index (χ2n) is 8.18. The summed E-state index contributed by atoms with van der Waals surface area (Å²) in [6.07, 6.45) is 20.0. The zero-order valence-electron chi connectivity index (χ0n) is 18.0. The van der Waals surface area contributed by atoms with Gasteiger partial charge in [0, 0.05) is 6.54 Å². The van der Waals surface area contributed by atoms with Gasteiger partial charge in [-0.3, -0.25) is 5.57 Å². The van der Waals surface area contributed by atoms with Crippen molar-refractivity contribution in [2.45, 2.75) is 26.2 Å². The van der Waals surface area contributed by atoms with E-state index in [4.69, 9.17) is 0 Å². The van der Waals surface area contributed by atoms with Gasteiger partial charge in [0.2, 0.25) is 0 Å². The summed E-state index contributed by atoms with van der Waals surface area (Å²) < 4.78 is 0. The topological polar surface area (TPSA) is 3.24 Å². The molecule has 1 heterocycles. The summed E-state index contributed by atoms with van der Waals surface area (Å²) >= 11 is 0. The van der Waals surface area contributed by atoms with Crippen molar-refractivity contribution in [2.24, 2.45) is 5.92 Å². The van der Waals surface area contributed by atoms with Crippen molar-refractivity contribution in [3.63, 3.8) is 0 Å². The molecule has 0 amide bonds. The molecule has 0 spiro atoms. The zero-order chi connectivity index (χ0) is 20.2. The van der Waals surface area contributed by atoms with E-state index in [0.717, 1.165) is 19.6 Å². The van der Waals surface area contributed by atoms with Crippen LogP contribution in [0.4, 0.5) is 0 Å². The Hall–Kier alpha value is 0.0200. The Morgan fingerprint density at radius 3 is 1.72 bits per heavy atom. The summed E-state index contributed by atoms with van der Waals surface area (Å²) in [7, 11) is -1.24. The maximum Gasteiger partial charge on any atom is 2.00 e. The van der Waals surface area contributed by atoms with Crippen LogP contribution in [0.2, 0.25) is 19.6 Å². The molecule has 0 N–H and O–H groups in total. The first-order valence-corrected chi connectivity index (χ1v) is 13.5. The average molecular weight is 479 g/mol. The van der Waals surface area contributed by atoms with Gasteiger partial charge in [0.25, 0.3) is 0 Å². The molecule has 0 bridgehead atoms. The van der Waals surface area contributed by atoms with Gasteiger partial charge < -0.3 is 17.5 Å². The van der Waals surface area contributed by atoms with Crippen LogP contribution in [0.1, 0.15) is 5.56 Å². The molecule has 1 nitrogen and oxygen atoms in total. The molecule has 1 aromatic rings. The second kappa shape index (κ2) is 14.9. The van der Waals surface area contributed by atoms with E-state index in [9.17, 15) is 0 Å². The first kappa shape index (κ1) is 27.1. The van der Waals surface area contributed by atoms with Crippen molar-refractivity contribution in [1.29, 1.82) is 0 Å². The summed E-state index contributed by atoms with van der Waals surface area (Å²) in [5.74, 6) is 0.431. The second-order valence-corrected chi connectivity index (χ2v) is 12.9. The molecule has 1 saturated heterocycles. The smallest absolute Gasteiger partial charge is 0.499 e. The number of hydrogen-bond acceptors (Lipinski definition) is 1. The quantitative estimate of drug-likeness (QED) is 0.404. The Balaban J connectivity index is 0.000000311. The third-order valence-electron chi connectivity index (χ3n) is 4.26. The van der Waals surface area contributed by atoms with Crippen molar-refractivity contribution >= 4 is 8.07 Å².